The first-order valence-corrected chi connectivity index (χ1v) is 8.38. The number of nitrogens with zero attached hydrogens (tertiary/aromatic N) is 2. The summed E-state index contributed by atoms with van der Waals surface area (Å²) in [5.41, 5.74) is 2.16. The lowest BCUT2D eigenvalue weighted by Gasteiger charge is -2.17. The lowest BCUT2D eigenvalue weighted by Crippen LogP contribution is -2.40. The largest absolute Gasteiger partial charge is 0.472 e. The second kappa shape index (κ2) is 7.81. The molecule has 2 amide bonds. The van der Waals surface area contributed by atoms with Gasteiger partial charge < -0.3 is 15.0 Å². The highest BCUT2D eigenvalue weighted by atomic mass is 16.5. The summed E-state index contributed by atoms with van der Waals surface area (Å²) in [6.45, 7) is 3.90. The quantitative estimate of drug-likeness (QED) is 0.920. The number of aryl methyl sites for hydroxylation is 1. The molecule has 1 fully saturated rings. The molecule has 5 heteroatoms. The molecule has 3 rings (SSSR count). The van der Waals surface area contributed by atoms with Gasteiger partial charge in [0.25, 0.3) is 0 Å². The molecular weight excluding hydrogens is 302 g/mol. The van der Waals surface area contributed by atoms with Gasteiger partial charge in [-0.2, -0.15) is 0 Å². The summed E-state index contributed by atoms with van der Waals surface area (Å²) < 4.78 is 5.88. The number of amides is 2. The highest BCUT2D eigenvalue weighted by Crippen LogP contribution is 2.16. The van der Waals surface area contributed by atoms with Gasteiger partial charge >= 0.3 is 6.03 Å². The fourth-order valence-corrected chi connectivity index (χ4v) is 2.83. The molecule has 5 nitrogen and oxygen atoms in total. The van der Waals surface area contributed by atoms with Crippen molar-refractivity contribution < 1.29 is 9.53 Å². The van der Waals surface area contributed by atoms with E-state index in [-0.39, 0.29) is 12.1 Å². The fourth-order valence-electron chi connectivity index (χ4n) is 2.83. The Labute approximate surface area is 142 Å². The molecule has 1 aliphatic heterocycles. The second-order valence-electron chi connectivity index (χ2n) is 6.06. The Morgan fingerprint density at radius 3 is 2.88 bits per heavy atom. The van der Waals surface area contributed by atoms with E-state index >= 15 is 0 Å². The van der Waals surface area contributed by atoms with Gasteiger partial charge in [-0.25, -0.2) is 9.78 Å². The molecule has 1 saturated heterocycles. The number of benzene rings is 1. The van der Waals surface area contributed by atoms with Crippen LogP contribution in [-0.4, -0.2) is 41.7 Å². The molecule has 1 aliphatic rings. The van der Waals surface area contributed by atoms with Crippen LogP contribution in [0, 0.1) is 6.92 Å². The van der Waals surface area contributed by atoms with Gasteiger partial charge in [0.05, 0.1) is 6.54 Å². The fraction of sp³-hybridized carbons (Fsp3) is 0.368. The van der Waals surface area contributed by atoms with Crippen LogP contribution in [0.5, 0.6) is 5.88 Å². The van der Waals surface area contributed by atoms with Gasteiger partial charge in [0, 0.05) is 31.3 Å². The van der Waals surface area contributed by atoms with E-state index in [0.29, 0.717) is 25.5 Å². The first-order chi connectivity index (χ1) is 11.7. The Morgan fingerprint density at radius 1 is 1.25 bits per heavy atom. The molecule has 0 spiro atoms. The zero-order chi connectivity index (χ0) is 16.8. The molecule has 2 aromatic rings. The van der Waals surface area contributed by atoms with Crippen molar-refractivity contribution in [2.75, 3.05) is 19.6 Å². The Balaban J connectivity index is 1.42. The maximum atomic E-state index is 12.2. The molecule has 2 heterocycles. The van der Waals surface area contributed by atoms with Crippen molar-refractivity contribution in [2.24, 2.45) is 0 Å². The minimum atomic E-state index is -0.0192. The number of aromatic nitrogens is 1. The van der Waals surface area contributed by atoms with Crippen LogP contribution in [-0.2, 0) is 6.42 Å². The summed E-state index contributed by atoms with van der Waals surface area (Å²) in [6.07, 6.45) is 1.69. The second-order valence-corrected chi connectivity index (χ2v) is 6.06. The summed E-state index contributed by atoms with van der Waals surface area (Å²) >= 11 is 0. The van der Waals surface area contributed by atoms with E-state index in [2.05, 4.69) is 22.4 Å². The number of urea groups is 1. The smallest absolute Gasteiger partial charge is 0.317 e. The Kier molecular flexibility index (Phi) is 5.31. The number of likely N-dealkylation sites (tertiary alicyclic amines) is 1. The van der Waals surface area contributed by atoms with E-state index in [0.717, 1.165) is 18.5 Å². The van der Waals surface area contributed by atoms with Crippen molar-refractivity contribution in [2.45, 2.75) is 25.9 Å². The average Bonchev–Trinajstić information content (AvgIpc) is 3.04. The van der Waals surface area contributed by atoms with Crippen LogP contribution in [0.2, 0.25) is 0 Å². The third-order valence-corrected chi connectivity index (χ3v) is 4.12. The summed E-state index contributed by atoms with van der Waals surface area (Å²) in [7, 11) is 0. The van der Waals surface area contributed by atoms with Crippen LogP contribution < -0.4 is 10.1 Å². The van der Waals surface area contributed by atoms with Gasteiger partial charge in [0.2, 0.25) is 5.88 Å². The predicted molar refractivity (Wildman–Crippen MR) is 93.1 cm³/mol. The van der Waals surface area contributed by atoms with Crippen LogP contribution in [0.4, 0.5) is 4.79 Å². The Morgan fingerprint density at radius 2 is 2.08 bits per heavy atom. The lowest BCUT2D eigenvalue weighted by atomic mass is 10.1. The number of nitrogens with one attached hydrogen (secondary N) is 1. The zero-order valence-corrected chi connectivity index (χ0v) is 13.9. The topological polar surface area (TPSA) is 54.5 Å². The molecule has 0 unspecified atom stereocenters. The van der Waals surface area contributed by atoms with Gasteiger partial charge in [-0.05, 0) is 25.0 Å². The van der Waals surface area contributed by atoms with E-state index in [4.69, 9.17) is 4.74 Å². The van der Waals surface area contributed by atoms with Crippen molar-refractivity contribution >= 4 is 6.03 Å². The summed E-state index contributed by atoms with van der Waals surface area (Å²) in [4.78, 5) is 18.4. The van der Waals surface area contributed by atoms with Crippen LogP contribution in [0.1, 0.15) is 17.7 Å². The summed E-state index contributed by atoms with van der Waals surface area (Å²) in [5.74, 6) is 0.631. The van der Waals surface area contributed by atoms with E-state index in [1.807, 2.05) is 48.2 Å². The Hall–Kier alpha value is -2.56. The number of rotatable bonds is 5. The van der Waals surface area contributed by atoms with Crippen LogP contribution >= 0.6 is 0 Å². The van der Waals surface area contributed by atoms with Gasteiger partial charge in [-0.1, -0.05) is 36.4 Å². The van der Waals surface area contributed by atoms with E-state index in [9.17, 15) is 4.79 Å². The maximum Gasteiger partial charge on any atom is 0.317 e. The molecule has 1 atom stereocenters. The van der Waals surface area contributed by atoms with Crippen molar-refractivity contribution in [3.05, 3.63) is 59.8 Å². The molecule has 0 bridgehead atoms. The van der Waals surface area contributed by atoms with Crippen LogP contribution in [0.3, 0.4) is 0 Å². The third kappa shape index (κ3) is 4.47. The van der Waals surface area contributed by atoms with Crippen molar-refractivity contribution in [1.82, 2.24) is 15.2 Å². The zero-order valence-electron chi connectivity index (χ0n) is 13.9. The molecule has 1 aromatic carbocycles. The number of hydrogen-bond acceptors (Lipinski definition) is 3. The SMILES string of the molecule is Cc1cccc(O[C@@H]2CCN(C(=O)NCCc3ccccc3)C2)n1. The molecule has 1 N–H and O–H groups in total. The van der Waals surface area contributed by atoms with Crippen LogP contribution in [0.15, 0.2) is 48.5 Å². The maximum absolute atomic E-state index is 12.2. The number of pyridine rings is 1. The molecule has 126 valence electrons. The molecule has 0 aliphatic carbocycles. The summed E-state index contributed by atoms with van der Waals surface area (Å²) in [6, 6.07) is 15.9. The summed E-state index contributed by atoms with van der Waals surface area (Å²) in [5, 5.41) is 2.98. The van der Waals surface area contributed by atoms with E-state index in [1.165, 1.54) is 5.56 Å². The first-order valence-electron chi connectivity index (χ1n) is 8.38. The first kappa shape index (κ1) is 16.3. The van der Waals surface area contributed by atoms with E-state index < -0.39 is 0 Å². The normalized spacial score (nSPS) is 16.9. The van der Waals surface area contributed by atoms with Crippen molar-refractivity contribution in [3.63, 3.8) is 0 Å². The number of ether oxygens (including phenoxy) is 1. The van der Waals surface area contributed by atoms with Gasteiger partial charge in [0.15, 0.2) is 0 Å². The van der Waals surface area contributed by atoms with Crippen molar-refractivity contribution in [3.8, 4) is 5.88 Å². The van der Waals surface area contributed by atoms with E-state index in [1.54, 1.807) is 0 Å². The monoisotopic (exact) mass is 325 g/mol. The van der Waals surface area contributed by atoms with Gasteiger partial charge in [-0.3, -0.25) is 0 Å². The average molecular weight is 325 g/mol. The van der Waals surface area contributed by atoms with Crippen LogP contribution in [0.25, 0.3) is 0 Å². The molecule has 0 radical (unpaired) electrons. The minimum Gasteiger partial charge on any atom is -0.472 e. The van der Waals surface area contributed by atoms with Crippen molar-refractivity contribution in [1.29, 1.82) is 0 Å². The molecule has 24 heavy (non-hydrogen) atoms. The van der Waals surface area contributed by atoms with Gasteiger partial charge in [-0.15, -0.1) is 0 Å². The third-order valence-electron chi connectivity index (χ3n) is 4.12. The lowest BCUT2D eigenvalue weighted by molar-refractivity contribution is 0.183. The number of carbonyl (C=O) groups excluding carboxylic acids is 1. The molecular formula is C19H23N3O2. The highest BCUT2D eigenvalue weighted by Gasteiger charge is 2.27. The Bertz CT molecular complexity index is 675. The standard InChI is InChI=1S/C19H23N3O2/c1-15-6-5-9-18(21-15)24-17-11-13-22(14-17)19(23)20-12-10-16-7-3-2-4-8-16/h2-9,17H,10-14H2,1H3,(H,20,23)/t17-/m1/s1. The van der Waals surface area contributed by atoms with Gasteiger partial charge in [0.1, 0.15) is 6.10 Å². The molecule has 0 saturated carbocycles. The number of hydrogen-bond donors (Lipinski definition) is 1. The predicted octanol–water partition coefficient (Wildman–Crippen LogP) is 2.80. The minimum absolute atomic E-state index is 0.0131. The molecule has 1 aromatic heterocycles. The number of carbonyl (C=O) groups is 1. The highest BCUT2D eigenvalue weighted by molar-refractivity contribution is 5.74.